The Morgan fingerprint density at radius 3 is 2.56 bits per heavy atom. The molecule has 0 aliphatic rings. The summed E-state index contributed by atoms with van der Waals surface area (Å²) in [6.07, 6.45) is 2.70. The first kappa shape index (κ1) is 20.7. The second-order valence-electron chi connectivity index (χ2n) is 5.16. The number of imidazole rings is 1. The van der Waals surface area contributed by atoms with Gasteiger partial charge in [-0.25, -0.2) is 18.6 Å². The van der Waals surface area contributed by atoms with Crippen LogP contribution in [0, 0.1) is 11.6 Å². The van der Waals surface area contributed by atoms with E-state index in [1.54, 1.807) is 0 Å². The highest BCUT2D eigenvalue weighted by Crippen LogP contribution is 2.28. The van der Waals surface area contributed by atoms with Crippen molar-refractivity contribution in [3.63, 3.8) is 0 Å². The van der Waals surface area contributed by atoms with Crippen LogP contribution in [0.4, 0.5) is 8.78 Å². The zero-order chi connectivity index (χ0) is 19.0. The number of aromatic carboxylic acids is 1. The Bertz CT molecular complexity index is 704. The second-order valence-corrected chi connectivity index (χ2v) is 5.16. The number of methoxy groups -OCH3 is 1. The number of benzene rings is 1. The van der Waals surface area contributed by atoms with Crippen LogP contribution >= 0.6 is 0 Å². The normalized spacial score (nSPS) is 11.6. The van der Waals surface area contributed by atoms with Crippen molar-refractivity contribution in [2.24, 2.45) is 5.73 Å². The van der Waals surface area contributed by atoms with Gasteiger partial charge in [-0.05, 0) is 31.2 Å². The van der Waals surface area contributed by atoms with Gasteiger partial charge in [-0.1, -0.05) is 19.4 Å². The molecule has 0 bridgehead atoms. The summed E-state index contributed by atoms with van der Waals surface area (Å²) in [5.74, 6) is -3.04. The number of carbonyl (C=O) groups is 1. The van der Waals surface area contributed by atoms with Gasteiger partial charge in [0, 0.05) is 7.11 Å². The number of ether oxygens (including phenoxy) is 1. The maximum atomic E-state index is 13.5. The molecule has 1 aromatic heterocycles. The fourth-order valence-corrected chi connectivity index (χ4v) is 2.57. The van der Waals surface area contributed by atoms with E-state index in [1.807, 2.05) is 6.92 Å². The predicted octanol–water partition coefficient (Wildman–Crippen LogP) is 2.97. The molecular weight excluding hydrogens is 332 g/mol. The van der Waals surface area contributed by atoms with Gasteiger partial charge in [-0.15, -0.1) is 0 Å². The van der Waals surface area contributed by atoms with Crippen LogP contribution in [0.1, 0.15) is 47.6 Å². The largest absolute Gasteiger partial charge is 0.477 e. The second kappa shape index (κ2) is 9.85. The van der Waals surface area contributed by atoms with Gasteiger partial charge in [-0.3, -0.25) is 0 Å². The van der Waals surface area contributed by atoms with E-state index >= 15 is 0 Å². The lowest BCUT2D eigenvalue weighted by Crippen LogP contribution is -2.17. The molecule has 0 radical (unpaired) electrons. The molecule has 0 spiro atoms. The summed E-state index contributed by atoms with van der Waals surface area (Å²) in [6, 6.07) is 3.15. The fourth-order valence-electron chi connectivity index (χ4n) is 2.57. The zero-order valence-corrected chi connectivity index (χ0v) is 14.5. The molecule has 2 aromatic rings. The molecule has 8 heteroatoms. The Balaban J connectivity index is 0.00000151. The summed E-state index contributed by atoms with van der Waals surface area (Å²) in [7, 11) is 2.95. The van der Waals surface area contributed by atoms with E-state index in [9.17, 15) is 18.7 Å². The molecule has 138 valence electrons. The number of aromatic nitrogens is 2. The van der Waals surface area contributed by atoms with Crippen LogP contribution in [0.15, 0.2) is 24.5 Å². The van der Waals surface area contributed by atoms with Crippen molar-refractivity contribution in [2.75, 3.05) is 14.2 Å². The molecule has 0 amide bonds. The van der Waals surface area contributed by atoms with Crippen LogP contribution in [0.3, 0.4) is 0 Å². The van der Waals surface area contributed by atoms with Crippen molar-refractivity contribution in [2.45, 2.75) is 32.4 Å². The molecule has 6 nitrogen and oxygen atoms in total. The van der Waals surface area contributed by atoms with Crippen LogP contribution < -0.4 is 5.73 Å². The van der Waals surface area contributed by atoms with Gasteiger partial charge in [0.1, 0.15) is 0 Å². The third-order valence-electron chi connectivity index (χ3n) is 3.58. The first-order valence-corrected chi connectivity index (χ1v) is 7.80. The van der Waals surface area contributed by atoms with E-state index in [0.29, 0.717) is 17.7 Å². The molecule has 0 fully saturated rings. The van der Waals surface area contributed by atoms with E-state index in [-0.39, 0.29) is 12.3 Å². The quantitative estimate of drug-likeness (QED) is 0.797. The molecule has 0 saturated carbocycles. The van der Waals surface area contributed by atoms with Crippen molar-refractivity contribution in [3.05, 3.63) is 53.1 Å². The minimum Gasteiger partial charge on any atom is -0.477 e. The molecule has 0 aliphatic heterocycles. The van der Waals surface area contributed by atoms with Crippen LogP contribution in [0.5, 0.6) is 0 Å². The van der Waals surface area contributed by atoms with Gasteiger partial charge in [0.25, 0.3) is 0 Å². The van der Waals surface area contributed by atoms with Gasteiger partial charge in [0.05, 0.1) is 24.7 Å². The predicted molar refractivity (Wildman–Crippen MR) is 89.4 cm³/mol. The van der Waals surface area contributed by atoms with Crippen molar-refractivity contribution >= 4 is 5.97 Å². The summed E-state index contributed by atoms with van der Waals surface area (Å²) in [5, 5.41) is 9.47. The third kappa shape index (κ3) is 4.83. The number of carboxylic acids is 1. The number of nitrogens with two attached hydrogens (primary N) is 1. The average Bonchev–Trinajstić information content (AvgIpc) is 3.01. The number of nitrogens with zero attached hydrogens (tertiary/aromatic N) is 2. The smallest absolute Gasteiger partial charge is 0.354 e. The number of hydrogen-bond donors (Lipinski definition) is 2. The number of halogens is 2. The molecule has 1 unspecified atom stereocenters. The lowest BCUT2D eigenvalue weighted by atomic mass is 10.0. The Labute approximate surface area is 145 Å². The first-order chi connectivity index (χ1) is 12.0. The van der Waals surface area contributed by atoms with Gasteiger partial charge in [0.2, 0.25) is 0 Å². The summed E-state index contributed by atoms with van der Waals surface area (Å²) < 4.78 is 33.1. The molecule has 0 saturated heterocycles. The SMILES string of the molecule is CCCC(c1ccc(F)c(F)c1)n1cnc(COC)c1C(=O)O.CN. The topological polar surface area (TPSA) is 90.4 Å². The van der Waals surface area contributed by atoms with E-state index < -0.39 is 23.6 Å². The zero-order valence-electron chi connectivity index (χ0n) is 14.5. The van der Waals surface area contributed by atoms with Crippen LogP contribution in [0.2, 0.25) is 0 Å². The Kier molecular flexibility index (Phi) is 8.17. The highest BCUT2D eigenvalue weighted by Gasteiger charge is 2.24. The summed E-state index contributed by atoms with van der Waals surface area (Å²) in [5.41, 5.74) is 5.29. The van der Waals surface area contributed by atoms with E-state index in [2.05, 4.69) is 10.7 Å². The van der Waals surface area contributed by atoms with Crippen molar-refractivity contribution in [3.8, 4) is 0 Å². The third-order valence-corrected chi connectivity index (χ3v) is 3.58. The minimum atomic E-state index is -1.14. The van der Waals surface area contributed by atoms with Crippen molar-refractivity contribution < 1.29 is 23.4 Å². The minimum absolute atomic E-state index is 0.00460. The molecular formula is C17H23F2N3O3. The van der Waals surface area contributed by atoms with E-state index in [1.165, 1.54) is 31.1 Å². The number of hydrogen-bond acceptors (Lipinski definition) is 4. The summed E-state index contributed by atoms with van der Waals surface area (Å²) in [6.45, 7) is 1.99. The molecule has 25 heavy (non-hydrogen) atoms. The lowest BCUT2D eigenvalue weighted by Gasteiger charge is -2.20. The van der Waals surface area contributed by atoms with Crippen LogP contribution in [0.25, 0.3) is 0 Å². The maximum Gasteiger partial charge on any atom is 0.354 e. The van der Waals surface area contributed by atoms with Gasteiger partial charge in [0.15, 0.2) is 17.3 Å². The van der Waals surface area contributed by atoms with Gasteiger partial charge in [-0.2, -0.15) is 0 Å². The number of carboxylic acid groups (broad SMARTS) is 1. The highest BCUT2D eigenvalue weighted by molar-refractivity contribution is 5.87. The van der Waals surface area contributed by atoms with Crippen molar-refractivity contribution in [1.29, 1.82) is 0 Å². The molecule has 0 aliphatic carbocycles. The van der Waals surface area contributed by atoms with Gasteiger partial charge >= 0.3 is 5.97 Å². The van der Waals surface area contributed by atoms with Gasteiger partial charge < -0.3 is 20.1 Å². The Morgan fingerprint density at radius 1 is 1.36 bits per heavy atom. The highest BCUT2D eigenvalue weighted by atomic mass is 19.2. The Morgan fingerprint density at radius 2 is 2.04 bits per heavy atom. The van der Waals surface area contributed by atoms with Crippen LogP contribution in [-0.4, -0.2) is 34.8 Å². The maximum absolute atomic E-state index is 13.5. The molecule has 1 heterocycles. The molecule has 1 atom stereocenters. The average molecular weight is 355 g/mol. The Hall–Kier alpha value is -2.32. The monoisotopic (exact) mass is 355 g/mol. The lowest BCUT2D eigenvalue weighted by molar-refractivity contribution is 0.0677. The first-order valence-electron chi connectivity index (χ1n) is 7.80. The van der Waals surface area contributed by atoms with Crippen molar-refractivity contribution in [1.82, 2.24) is 9.55 Å². The van der Waals surface area contributed by atoms with Crippen LogP contribution in [-0.2, 0) is 11.3 Å². The summed E-state index contributed by atoms with van der Waals surface area (Å²) >= 11 is 0. The molecule has 1 aromatic carbocycles. The van der Waals surface area contributed by atoms with E-state index in [0.717, 1.165) is 18.6 Å². The van der Waals surface area contributed by atoms with E-state index in [4.69, 9.17) is 4.74 Å². The standard InChI is InChI=1S/C16H18F2N2O3.CH5N/c1-3-4-14(10-5-6-11(17)12(18)7-10)20-9-19-13(8-23-2)15(20)16(21)22;1-2/h5-7,9,14H,3-4,8H2,1-2H3,(H,21,22);2H2,1H3. The summed E-state index contributed by atoms with van der Waals surface area (Å²) in [4.78, 5) is 15.7. The molecule has 3 N–H and O–H groups in total. The number of rotatable bonds is 7. The fraction of sp³-hybridized carbons (Fsp3) is 0.412. The molecule has 2 rings (SSSR count).